The van der Waals surface area contributed by atoms with Crippen LogP contribution in [0.1, 0.15) is 20.3 Å². The van der Waals surface area contributed by atoms with Gasteiger partial charge in [0.25, 0.3) is 0 Å². The van der Waals surface area contributed by atoms with Crippen molar-refractivity contribution in [1.82, 2.24) is 5.32 Å². The number of benzene rings is 1. The summed E-state index contributed by atoms with van der Waals surface area (Å²) in [5, 5.41) is 6.70. The lowest BCUT2D eigenvalue weighted by Gasteiger charge is -2.17. The second-order valence-electron chi connectivity index (χ2n) is 4.27. The van der Waals surface area contributed by atoms with Gasteiger partial charge in [-0.05, 0) is 44.6 Å². The molecule has 0 aliphatic carbocycles. The minimum atomic E-state index is -2.95. The summed E-state index contributed by atoms with van der Waals surface area (Å²) in [6.07, 6.45) is 1.05. The minimum Gasteiger partial charge on any atom is -0.362 e. The first-order valence-electron chi connectivity index (χ1n) is 7.07. The van der Waals surface area contributed by atoms with Crippen molar-refractivity contribution in [2.45, 2.75) is 20.3 Å². The third kappa shape index (κ3) is 7.58. The maximum Gasteiger partial charge on any atom is 0.330 e. The molecule has 0 heterocycles. The fraction of sp³-hybridized carbons (Fsp3) is 0.500. The van der Waals surface area contributed by atoms with Gasteiger partial charge in [0.2, 0.25) is 0 Å². The zero-order valence-electron chi connectivity index (χ0n) is 12.5. The molecule has 0 unspecified atom stereocenters. The van der Waals surface area contributed by atoms with Crippen molar-refractivity contribution >= 4 is 30.6 Å². The van der Waals surface area contributed by atoms with Gasteiger partial charge in [0.1, 0.15) is 0 Å². The van der Waals surface area contributed by atoms with E-state index in [2.05, 4.69) is 10.6 Å². The molecule has 0 fully saturated rings. The van der Waals surface area contributed by atoms with E-state index in [-0.39, 0.29) is 0 Å². The standard InChI is InChI=1S/C14H23N2O3PS/c1-3-18-20(17,19-4-2)12-8-11-15-14(21)16-13-9-6-5-7-10-13/h5-7,9-10H,3-4,8,11-12H2,1-2H3,(H2,15,16,21). The number of para-hydroxylation sites is 1. The van der Waals surface area contributed by atoms with E-state index < -0.39 is 7.60 Å². The van der Waals surface area contributed by atoms with E-state index in [1.54, 1.807) is 0 Å². The van der Waals surface area contributed by atoms with Crippen molar-refractivity contribution in [2.24, 2.45) is 0 Å². The Morgan fingerprint density at radius 2 is 1.81 bits per heavy atom. The molecule has 118 valence electrons. The summed E-state index contributed by atoms with van der Waals surface area (Å²) in [7, 11) is -2.95. The van der Waals surface area contributed by atoms with Gasteiger partial charge < -0.3 is 19.7 Å². The average molecular weight is 330 g/mol. The molecule has 2 N–H and O–H groups in total. The lowest BCUT2D eigenvalue weighted by atomic mass is 10.3. The van der Waals surface area contributed by atoms with Crippen molar-refractivity contribution < 1.29 is 13.6 Å². The molecular formula is C14H23N2O3PS. The Kier molecular flexibility index (Phi) is 8.54. The molecule has 0 amide bonds. The SMILES string of the molecule is CCOP(=O)(CCCNC(=S)Nc1ccccc1)OCC. The van der Waals surface area contributed by atoms with Gasteiger partial charge in [0.15, 0.2) is 5.11 Å². The van der Waals surface area contributed by atoms with Crippen LogP contribution in [0.15, 0.2) is 30.3 Å². The van der Waals surface area contributed by atoms with E-state index in [9.17, 15) is 4.57 Å². The fourth-order valence-electron chi connectivity index (χ4n) is 1.73. The Labute approximate surface area is 131 Å². The zero-order valence-corrected chi connectivity index (χ0v) is 14.2. The highest BCUT2D eigenvalue weighted by Crippen LogP contribution is 2.48. The molecule has 0 saturated carbocycles. The maximum atomic E-state index is 12.2. The van der Waals surface area contributed by atoms with Crippen LogP contribution < -0.4 is 10.6 Å². The van der Waals surface area contributed by atoms with Crippen LogP contribution in [-0.4, -0.2) is 31.0 Å². The van der Waals surface area contributed by atoms with Crippen molar-refractivity contribution in [1.29, 1.82) is 0 Å². The third-order valence-electron chi connectivity index (χ3n) is 2.58. The number of hydrogen-bond donors (Lipinski definition) is 2. The molecule has 1 aromatic carbocycles. The number of thiocarbonyl (C=S) groups is 1. The Morgan fingerprint density at radius 3 is 2.38 bits per heavy atom. The van der Waals surface area contributed by atoms with Crippen LogP contribution in [0.4, 0.5) is 5.69 Å². The molecule has 0 atom stereocenters. The van der Waals surface area contributed by atoms with E-state index in [1.807, 2.05) is 44.2 Å². The summed E-state index contributed by atoms with van der Waals surface area (Å²) in [5.74, 6) is 0. The summed E-state index contributed by atoms with van der Waals surface area (Å²) in [5.41, 5.74) is 0.935. The molecule has 0 aliphatic heterocycles. The Balaban J connectivity index is 2.26. The summed E-state index contributed by atoms with van der Waals surface area (Å²) in [4.78, 5) is 0. The van der Waals surface area contributed by atoms with Crippen LogP contribution >= 0.6 is 19.8 Å². The van der Waals surface area contributed by atoms with Gasteiger partial charge in [-0.2, -0.15) is 0 Å². The molecule has 7 heteroatoms. The topological polar surface area (TPSA) is 59.6 Å². The highest BCUT2D eigenvalue weighted by Gasteiger charge is 2.22. The van der Waals surface area contributed by atoms with Gasteiger partial charge in [-0.3, -0.25) is 4.57 Å². The van der Waals surface area contributed by atoms with Crippen molar-refractivity contribution in [3.05, 3.63) is 30.3 Å². The number of hydrogen-bond acceptors (Lipinski definition) is 4. The molecule has 0 aromatic heterocycles. The first-order chi connectivity index (χ1) is 10.1. The summed E-state index contributed by atoms with van der Waals surface area (Å²) >= 11 is 5.19. The highest BCUT2D eigenvalue weighted by molar-refractivity contribution is 7.80. The molecular weight excluding hydrogens is 307 g/mol. The summed E-state index contributed by atoms with van der Waals surface area (Å²) < 4.78 is 22.7. The van der Waals surface area contributed by atoms with E-state index >= 15 is 0 Å². The van der Waals surface area contributed by atoms with Crippen LogP contribution in [-0.2, 0) is 13.6 Å². The molecule has 21 heavy (non-hydrogen) atoms. The minimum absolute atomic E-state index is 0.385. The normalized spacial score (nSPS) is 11.1. The Hall–Kier alpha value is -0.940. The monoisotopic (exact) mass is 330 g/mol. The van der Waals surface area contributed by atoms with Gasteiger partial charge in [0.05, 0.1) is 19.4 Å². The second kappa shape index (κ2) is 9.90. The predicted molar refractivity (Wildman–Crippen MR) is 91.0 cm³/mol. The number of nitrogens with one attached hydrogen (secondary N) is 2. The number of anilines is 1. The van der Waals surface area contributed by atoms with E-state index in [0.717, 1.165) is 5.69 Å². The molecule has 0 saturated heterocycles. The largest absolute Gasteiger partial charge is 0.362 e. The van der Waals surface area contributed by atoms with E-state index in [4.69, 9.17) is 21.3 Å². The van der Waals surface area contributed by atoms with Gasteiger partial charge in [-0.1, -0.05) is 18.2 Å². The molecule has 0 aliphatic rings. The maximum absolute atomic E-state index is 12.2. The van der Waals surface area contributed by atoms with Crippen LogP contribution in [0.3, 0.4) is 0 Å². The predicted octanol–water partition coefficient (Wildman–Crippen LogP) is 3.63. The zero-order chi connectivity index (χ0) is 15.6. The van der Waals surface area contributed by atoms with Gasteiger partial charge in [-0.25, -0.2) is 0 Å². The van der Waals surface area contributed by atoms with Crippen molar-refractivity contribution in [2.75, 3.05) is 31.2 Å². The fourth-order valence-corrected chi connectivity index (χ4v) is 3.62. The smallest absolute Gasteiger partial charge is 0.330 e. The lowest BCUT2D eigenvalue weighted by Crippen LogP contribution is -2.29. The van der Waals surface area contributed by atoms with Crippen molar-refractivity contribution in [3.8, 4) is 0 Å². The van der Waals surface area contributed by atoms with E-state index in [0.29, 0.717) is 37.5 Å². The quantitative estimate of drug-likeness (QED) is 0.410. The molecule has 0 radical (unpaired) electrons. The second-order valence-corrected chi connectivity index (χ2v) is 6.86. The van der Waals surface area contributed by atoms with Gasteiger partial charge in [0, 0.05) is 12.2 Å². The van der Waals surface area contributed by atoms with Crippen LogP contribution in [0.25, 0.3) is 0 Å². The molecule has 1 rings (SSSR count). The summed E-state index contributed by atoms with van der Waals surface area (Å²) in [6, 6.07) is 9.69. The average Bonchev–Trinajstić information content (AvgIpc) is 2.45. The molecule has 0 spiro atoms. The Bertz CT molecular complexity index is 461. The lowest BCUT2D eigenvalue weighted by molar-refractivity contribution is 0.220. The molecule has 1 aromatic rings. The number of rotatable bonds is 9. The first-order valence-corrected chi connectivity index (χ1v) is 9.21. The third-order valence-corrected chi connectivity index (χ3v) is 4.99. The summed E-state index contributed by atoms with van der Waals surface area (Å²) in [6.45, 7) is 5.01. The molecule has 0 bridgehead atoms. The van der Waals surface area contributed by atoms with Crippen molar-refractivity contribution in [3.63, 3.8) is 0 Å². The van der Waals surface area contributed by atoms with E-state index in [1.165, 1.54) is 0 Å². The van der Waals surface area contributed by atoms with Crippen LogP contribution in [0.2, 0.25) is 0 Å². The Morgan fingerprint density at radius 1 is 1.19 bits per heavy atom. The van der Waals surface area contributed by atoms with Crippen LogP contribution in [0.5, 0.6) is 0 Å². The highest BCUT2D eigenvalue weighted by atomic mass is 32.1. The van der Waals surface area contributed by atoms with Crippen LogP contribution in [0, 0.1) is 0 Å². The first kappa shape index (κ1) is 18.1. The van der Waals surface area contributed by atoms with Gasteiger partial charge >= 0.3 is 7.60 Å². The van der Waals surface area contributed by atoms with Gasteiger partial charge in [-0.15, -0.1) is 0 Å². The molecule has 5 nitrogen and oxygen atoms in total.